The van der Waals surface area contributed by atoms with Crippen LogP contribution in [0.3, 0.4) is 0 Å². The van der Waals surface area contributed by atoms with Crippen LogP contribution in [-0.4, -0.2) is 45.0 Å². The van der Waals surface area contributed by atoms with E-state index in [2.05, 4.69) is 10.6 Å². The van der Waals surface area contributed by atoms with Crippen LogP contribution < -0.4 is 20.1 Å². The van der Waals surface area contributed by atoms with Crippen molar-refractivity contribution in [3.8, 4) is 11.5 Å². The highest BCUT2D eigenvalue weighted by Crippen LogP contribution is 2.49. The van der Waals surface area contributed by atoms with Gasteiger partial charge >= 0.3 is 5.51 Å². The van der Waals surface area contributed by atoms with E-state index >= 15 is 0 Å². The van der Waals surface area contributed by atoms with Crippen molar-refractivity contribution in [2.24, 2.45) is 17.8 Å². The maximum absolute atomic E-state index is 14.6. The van der Waals surface area contributed by atoms with Gasteiger partial charge in [-0.2, -0.15) is 13.2 Å². The number of carbonyl (C=O) groups excluding carboxylic acids is 2. The summed E-state index contributed by atoms with van der Waals surface area (Å²) in [4.78, 5) is 25.7. The van der Waals surface area contributed by atoms with Crippen molar-refractivity contribution in [2.75, 3.05) is 12.4 Å². The predicted octanol–water partition coefficient (Wildman–Crippen LogP) is 4.84. The minimum absolute atomic E-state index is 0.00260. The first kappa shape index (κ1) is 28.2. The molecule has 13 heteroatoms. The second-order valence-electron chi connectivity index (χ2n) is 10.5. The highest BCUT2D eigenvalue weighted by Gasteiger charge is 2.52. The third-order valence-corrected chi connectivity index (χ3v) is 9.56. The van der Waals surface area contributed by atoms with Crippen LogP contribution in [0.5, 0.6) is 11.5 Å². The Morgan fingerprint density at radius 3 is 2.38 bits per heavy atom. The monoisotopic (exact) mass is 584 g/mol. The summed E-state index contributed by atoms with van der Waals surface area (Å²) in [6.45, 7) is 0. The Hall–Kier alpha value is -3.35. The molecular weight excluding hydrogens is 556 g/mol. The molecule has 0 aromatic heterocycles. The Morgan fingerprint density at radius 2 is 1.73 bits per heavy atom. The fourth-order valence-electron chi connectivity index (χ4n) is 5.85. The Morgan fingerprint density at radius 1 is 1.00 bits per heavy atom. The molecule has 0 radical (unpaired) electrons. The molecular formula is C27H28F4N2O6S. The normalized spacial score (nSPS) is 24.3. The van der Waals surface area contributed by atoms with Crippen molar-refractivity contribution in [3.63, 3.8) is 0 Å². The smallest absolute Gasteiger partial charge is 0.496 e. The summed E-state index contributed by atoms with van der Waals surface area (Å²) >= 11 is 0. The number of halogens is 4. The fourth-order valence-corrected chi connectivity index (χ4v) is 6.65. The molecule has 3 saturated carbocycles. The first-order valence-corrected chi connectivity index (χ1v) is 14.4. The van der Waals surface area contributed by atoms with Crippen molar-refractivity contribution >= 4 is 27.3 Å². The number of methoxy groups -OCH3 is 1. The van der Waals surface area contributed by atoms with Crippen molar-refractivity contribution < 1.29 is 45.0 Å². The summed E-state index contributed by atoms with van der Waals surface area (Å²) in [6.07, 6.45) is 4.61. The fraction of sp³-hybridized carbons (Fsp3) is 0.481. The Balaban J connectivity index is 1.35. The van der Waals surface area contributed by atoms with Crippen LogP contribution in [0.25, 0.3) is 0 Å². The number of alkyl halides is 3. The minimum Gasteiger partial charge on any atom is -0.496 e. The number of anilines is 1. The molecule has 2 aromatic carbocycles. The van der Waals surface area contributed by atoms with E-state index in [-0.39, 0.29) is 40.7 Å². The standard InChI is InChI=1S/C27H28F4N2O6S/c1-38-21-13-20(28)22(39-17-5-3-6-17)12-19(21)25(34)33-24-15-9-8-14(10-15)23(24)26(35)32-16-4-2-7-18(11-16)40(36,37)27(29,30)31/h2,4,7,11-15,17,23-24H,3,5-6,8-10H2,1H3,(H,32,35)(H,33,34)/t14-,15+,23+,24?/m1/s1. The zero-order chi connectivity index (χ0) is 28.8. The second-order valence-corrected chi connectivity index (χ2v) is 12.4. The first-order chi connectivity index (χ1) is 18.9. The number of sulfone groups is 1. The van der Waals surface area contributed by atoms with Crippen LogP contribution >= 0.6 is 0 Å². The molecule has 3 fully saturated rings. The minimum atomic E-state index is -5.60. The van der Waals surface area contributed by atoms with Crippen LogP contribution in [0.1, 0.15) is 48.9 Å². The molecule has 5 rings (SSSR count). The number of amides is 2. The van der Waals surface area contributed by atoms with Crippen molar-refractivity contribution in [1.29, 1.82) is 0 Å². The van der Waals surface area contributed by atoms with Gasteiger partial charge in [0.15, 0.2) is 11.6 Å². The van der Waals surface area contributed by atoms with Crippen LogP contribution in [0, 0.1) is 23.6 Å². The van der Waals surface area contributed by atoms with Crippen LogP contribution in [-0.2, 0) is 14.6 Å². The van der Waals surface area contributed by atoms with E-state index in [1.807, 2.05) is 0 Å². The Kier molecular flexibility index (Phi) is 7.45. The van der Waals surface area contributed by atoms with E-state index in [4.69, 9.17) is 9.47 Å². The van der Waals surface area contributed by atoms with Gasteiger partial charge < -0.3 is 20.1 Å². The molecule has 1 unspecified atom stereocenters. The van der Waals surface area contributed by atoms with Crippen molar-refractivity contribution in [1.82, 2.24) is 5.32 Å². The SMILES string of the molecule is COc1cc(F)c(OC2CCC2)cc1C(=O)NC1[C@H]2CC[C@H](C2)[C@@H]1C(=O)Nc1cccc(S(=O)(=O)C(F)(F)F)c1. The van der Waals surface area contributed by atoms with Gasteiger partial charge in [-0.1, -0.05) is 6.07 Å². The first-order valence-electron chi connectivity index (χ1n) is 13.0. The van der Waals surface area contributed by atoms with Crippen molar-refractivity contribution in [2.45, 2.75) is 61.1 Å². The molecule has 0 heterocycles. The van der Waals surface area contributed by atoms with E-state index in [1.54, 1.807) is 0 Å². The van der Waals surface area contributed by atoms with E-state index in [0.29, 0.717) is 6.42 Å². The topological polar surface area (TPSA) is 111 Å². The van der Waals surface area contributed by atoms with Gasteiger partial charge in [-0.3, -0.25) is 9.59 Å². The molecule has 40 heavy (non-hydrogen) atoms. The number of fused-ring (bicyclic) bond motifs is 2. The van der Waals surface area contributed by atoms with Gasteiger partial charge in [0.2, 0.25) is 5.91 Å². The van der Waals surface area contributed by atoms with Crippen LogP contribution in [0.4, 0.5) is 23.2 Å². The van der Waals surface area contributed by atoms with Gasteiger partial charge in [0.05, 0.1) is 29.6 Å². The van der Waals surface area contributed by atoms with E-state index in [9.17, 15) is 35.6 Å². The molecule has 2 amide bonds. The van der Waals surface area contributed by atoms with E-state index in [1.165, 1.54) is 19.2 Å². The lowest BCUT2D eigenvalue weighted by Crippen LogP contribution is -2.48. The zero-order valence-electron chi connectivity index (χ0n) is 21.5. The third-order valence-electron chi connectivity index (χ3n) is 8.08. The Bertz CT molecular complexity index is 1430. The summed E-state index contributed by atoms with van der Waals surface area (Å²) in [5.74, 6) is -2.64. The average molecular weight is 585 g/mol. The summed E-state index contributed by atoms with van der Waals surface area (Å²) in [5, 5.41) is 5.43. The average Bonchev–Trinajstić information content (AvgIpc) is 3.48. The summed E-state index contributed by atoms with van der Waals surface area (Å²) in [5.41, 5.74) is -5.55. The second kappa shape index (κ2) is 10.6. The number of benzene rings is 2. The van der Waals surface area contributed by atoms with Gasteiger partial charge in [0, 0.05) is 17.8 Å². The maximum Gasteiger partial charge on any atom is 0.501 e. The molecule has 8 nitrogen and oxygen atoms in total. The Labute approximate surface area is 228 Å². The number of hydrogen-bond acceptors (Lipinski definition) is 6. The van der Waals surface area contributed by atoms with Crippen LogP contribution in [0.15, 0.2) is 41.3 Å². The number of ether oxygens (including phenoxy) is 2. The largest absolute Gasteiger partial charge is 0.501 e. The lowest BCUT2D eigenvalue weighted by atomic mass is 9.83. The molecule has 0 spiro atoms. The van der Waals surface area contributed by atoms with Gasteiger partial charge in [0.25, 0.3) is 15.7 Å². The number of hydrogen-bond donors (Lipinski definition) is 2. The summed E-state index contributed by atoms with van der Waals surface area (Å²) in [6, 6.07) is 5.73. The van der Waals surface area contributed by atoms with Gasteiger partial charge in [-0.15, -0.1) is 0 Å². The molecule has 0 saturated heterocycles. The molecule has 216 valence electrons. The molecule has 3 aliphatic carbocycles. The van der Waals surface area contributed by atoms with E-state index in [0.717, 1.165) is 56.4 Å². The number of rotatable bonds is 8. The molecule has 2 aromatic rings. The molecule has 0 aliphatic heterocycles. The molecule has 4 atom stereocenters. The van der Waals surface area contributed by atoms with Crippen LogP contribution in [0.2, 0.25) is 0 Å². The summed E-state index contributed by atoms with van der Waals surface area (Å²) < 4.78 is 88.1. The lowest BCUT2D eigenvalue weighted by molar-refractivity contribution is -0.122. The van der Waals surface area contributed by atoms with E-state index < -0.39 is 49.8 Å². The summed E-state index contributed by atoms with van der Waals surface area (Å²) in [7, 11) is -4.29. The van der Waals surface area contributed by atoms with Crippen molar-refractivity contribution in [3.05, 3.63) is 47.8 Å². The molecule has 2 bridgehead atoms. The lowest BCUT2D eigenvalue weighted by Gasteiger charge is -2.31. The van der Waals surface area contributed by atoms with Gasteiger partial charge in [0.1, 0.15) is 5.75 Å². The third kappa shape index (κ3) is 5.23. The predicted molar refractivity (Wildman–Crippen MR) is 135 cm³/mol. The highest BCUT2D eigenvalue weighted by molar-refractivity contribution is 7.92. The molecule has 2 N–H and O–H groups in total. The zero-order valence-corrected chi connectivity index (χ0v) is 22.3. The van der Waals surface area contributed by atoms with Gasteiger partial charge in [-0.25, -0.2) is 12.8 Å². The van der Waals surface area contributed by atoms with Gasteiger partial charge in [-0.05, 0) is 74.6 Å². The maximum atomic E-state index is 14.6. The number of carbonyl (C=O) groups is 2. The molecule has 3 aliphatic rings. The quantitative estimate of drug-likeness (QED) is 0.430. The number of nitrogens with one attached hydrogen (secondary N) is 2. The highest BCUT2D eigenvalue weighted by atomic mass is 32.2.